The fraction of sp³-hybridized carbons (Fsp3) is 0.778. The molecule has 2 N–H and O–H groups in total. The topological polar surface area (TPSA) is 62.5 Å². The third-order valence-electron chi connectivity index (χ3n) is 4.09. The van der Waals surface area contributed by atoms with Gasteiger partial charge in [-0.3, -0.25) is 4.99 Å². The average Bonchev–Trinajstić information content (AvgIpc) is 2.79. The molecule has 140 valence electrons. The molecular weight excluding hydrogens is 415 g/mol. The van der Waals surface area contributed by atoms with E-state index in [2.05, 4.69) is 55.4 Å². The first-order valence-electron chi connectivity index (χ1n) is 8.54. The van der Waals surface area contributed by atoms with Crippen molar-refractivity contribution in [3.63, 3.8) is 0 Å². The lowest BCUT2D eigenvalue weighted by Crippen LogP contribution is -2.43. The van der Waals surface area contributed by atoms with Crippen LogP contribution in [0.5, 0.6) is 0 Å². The van der Waals surface area contributed by atoms with Crippen molar-refractivity contribution in [3.05, 3.63) is 17.0 Å². The Morgan fingerprint density at radius 2 is 1.88 bits per heavy atom. The number of nitrogens with one attached hydrogen (secondary N) is 2. The van der Waals surface area contributed by atoms with Gasteiger partial charge in [-0.15, -0.1) is 24.0 Å². The second-order valence-electron chi connectivity index (χ2n) is 7.74. The quantitative estimate of drug-likeness (QED) is 0.383. The molecule has 0 radical (unpaired) electrons. The first kappa shape index (κ1) is 23.2. The number of nitrogens with zero attached hydrogens (tertiary/aromatic N) is 2. The Labute approximate surface area is 164 Å². The van der Waals surface area contributed by atoms with Crippen LogP contribution >= 0.6 is 24.0 Å². The molecule has 0 aliphatic carbocycles. The van der Waals surface area contributed by atoms with Gasteiger partial charge in [0.15, 0.2) is 5.96 Å². The highest BCUT2D eigenvalue weighted by atomic mass is 127. The molecule has 0 spiro atoms. The maximum absolute atomic E-state index is 5.25. The highest BCUT2D eigenvalue weighted by Gasteiger charge is 2.17. The summed E-state index contributed by atoms with van der Waals surface area (Å²) in [4.78, 5) is 4.33. The van der Waals surface area contributed by atoms with Gasteiger partial charge in [-0.2, -0.15) is 0 Å². The van der Waals surface area contributed by atoms with Gasteiger partial charge in [0, 0.05) is 31.1 Å². The molecule has 0 saturated heterocycles. The Hall–Kier alpha value is -0.790. The summed E-state index contributed by atoms with van der Waals surface area (Å²) in [5.74, 6) is 2.08. The molecule has 2 unspecified atom stereocenters. The van der Waals surface area contributed by atoms with Gasteiger partial charge in [0.1, 0.15) is 5.76 Å². The van der Waals surface area contributed by atoms with Crippen LogP contribution in [0.2, 0.25) is 0 Å². The average molecular weight is 450 g/mol. The molecule has 0 amide bonds. The van der Waals surface area contributed by atoms with Crippen molar-refractivity contribution in [2.75, 3.05) is 13.6 Å². The van der Waals surface area contributed by atoms with E-state index in [1.54, 1.807) is 0 Å². The van der Waals surface area contributed by atoms with Crippen molar-refractivity contribution in [3.8, 4) is 0 Å². The number of hydrogen-bond acceptors (Lipinski definition) is 3. The lowest BCUT2D eigenvalue weighted by molar-refractivity contribution is 0.346. The number of guanidine groups is 1. The van der Waals surface area contributed by atoms with Crippen LogP contribution < -0.4 is 10.6 Å². The second-order valence-corrected chi connectivity index (χ2v) is 7.74. The molecule has 0 aliphatic rings. The van der Waals surface area contributed by atoms with Crippen LogP contribution in [0.15, 0.2) is 9.52 Å². The van der Waals surface area contributed by atoms with E-state index in [9.17, 15) is 0 Å². The number of halogens is 1. The molecule has 0 fully saturated rings. The van der Waals surface area contributed by atoms with Crippen LogP contribution in [0.25, 0.3) is 0 Å². The molecule has 6 heteroatoms. The van der Waals surface area contributed by atoms with Crippen LogP contribution in [-0.2, 0) is 0 Å². The molecule has 1 aromatic rings. The Kier molecular flexibility index (Phi) is 9.92. The summed E-state index contributed by atoms with van der Waals surface area (Å²) >= 11 is 0. The molecule has 2 atom stereocenters. The minimum atomic E-state index is 0. The summed E-state index contributed by atoms with van der Waals surface area (Å²) in [6.07, 6.45) is 2.32. The summed E-state index contributed by atoms with van der Waals surface area (Å²) in [6, 6.07) is 0.398. The van der Waals surface area contributed by atoms with Crippen molar-refractivity contribution in [2.24, 2.45) is 10.4 Å². The van der Waals surface area contributed by atoms with Crippen LogP contribution in [0, 0.1) is 19.3 Å². The normalized spacial score (nSPS) is 14.8. The van der Waals surface area contributed by atoms with Gasteiger partial charge < -0.3 is 15.2 Å². The van der Waals surface area contributed by atoms with Gasteiger partial charge in [-0.25, -0.2) is 0 Å². The summed E-state index contributed by atoms with van der Waals surface area (Å²) < 4.78 is 5.25. The molecule has 5 nitrogen and oxygen atoms in total. The largest absolute Gasteiger partial charge is 0.361 e. The minimum Gasteiger partial charge on any atom is -0.361 e. The van der Waals surface area contributed by atoms with E-state index in [0.717, 1.165) is 30.4 Å². The van der Waals surface area contributed by atoms with E-state index >= 15 is 0 Å². The predicted molar refractivity (Wildman–Crippen MR) is 112 cm³/mol. The maximum atomic E-state index is 5.25. The van der Waals surface area contributed by atoms with E-state index in [1.165, 1.54) is 12.0 Å². The molecule has 1 heterocycles. The zero-order valence-corrected chi connectivity index (χ0v) is 18.8. The number of aromatic nitrogens is 1. The predicted octanol–water partition coefficient (Wildman–Crippen LogP) is 4.39. The van der Waals surface area contributed by atoms with Gasteiger partial charge >= 0.3 is 0 Å². The van der Waals surface area contributed by atoms with Crippen LogP contribution in [0.3, 0.4) is 0 Å². The molecule has 1 aromatic heterocycles. The second kappa shape index (κ2) is 10.3. The standard InChI is InChI=1S/C18H34N4O.HI/c1-12(16-14(3)22-23-15(16)4)11-20-17(19-8)21-13(2)9-10-18(5,6)7;/h12-13H,9-11H2,1-8H3,(H2,19,20,21);1H. The number of rotatable bonds is 6. The SMILES string of the molecule is CN=C(NCC(C)c1c(C)noc1C)NC(C)CCC(C)(C)C.I. The van der Waals surface area contributed by atoms with E-state index in [0.29, 0.717) is 17.4 Å². The summed E-state index contributed by atoms with van der Waals surface area (Å²) in [5.41, 5.74) is 2.53. The van der Waals surface area contributed by atoms with Gasteiger partial charge in [-0.1, -0.05) is 32.9 Å². The smallest absolute Gasteiger partial charge is 0.191 e. The number of aliphatic imine (C=N–C) groups is 1. The molecule has 0 aliphatic heterocycles. The Morgan fingerprint density at radius 1 is 1.25 bits per heavy atom. The van der Waals surface area contributed by atoms with Crippen molar-refractivity contribution in [1.29, 1.82) is 0 Å². The first-order valence-corrected chi connectivity index (χ1v) is 8.54. The fourth-order valence-corrected chi connectivity index (χ4v) is 2.70. The first-order chi connectivity index (χ1) is 10.6. The summed E-state index contributed by atoms with van der Waals surface area (Å²) in [5, 5.41) is 10.9. The van der Waals surface area contributed by atoms with Crippen LogP contribution in [0.1, 0.15) is 70.4 Å². The zero-order chi connectivity index (χ0) is 17.6. The maximum Gasteiger partial charge on any atom is 0.191 e. The van der Waals surface area contributed by atoms with Gasteiger partial charge in [0.2, 0.25) is 0 Å². The lowest BCUT2D eigenvalue weighted by Gasteiger charge is -2.23. The number of aryl methyl sites for hydroxylation is 2. The van der Waals surface area contributed by atoms with Crippen molar-refractivity contribution >= 4 is 29.9 Å². The fourth-order valence-electron chi connectivity index (χ4n) is 2.70. The monoisotopic (exact) mass is 450 g/mol. The Balaban J connectivity index is 0.00000529. The Morgan fingerprint density at radius 3 is 2.33 bits per heavy atom. The van der Waals surface area contributed by atoms with Crippen molar-refractivity contribution < 1.29 is 4.52 Å². The molecule has 1 rings (SSSR count). The summed E-state index contributed by atoms with van der Waals surface area (Å²) in [7, 11) is 1.81. The van der Waals surface area contributed by atoms with E-state index in [4.69, 9.17) is 4.52 Å². The van der Waals surface area contributed by atoms with E-state index in [-0.39, 0.29) is 24.0 Å². The third-order valence-corrected chi connectivity index (χ3v) is 4.09. The van der Waals surface area contributed by atoms with Crippen molar-refractivity contribution in [2.45, 2.75) is 73.3 Å². The van der Waals surface area contributed by atoms with E-state index < -0.39 is 0 Å². The Bertz CT molecular complexity index is 500. The van der Waals surface area contributed by atoms with Crippen molar-refractivity contribution in [1.82, 2.24) is 15.8 Å². The molecule has 24 heavy (non-hydrogen) atoms. The highest BCUT2D eigenvalue weighted by molar-refractivity contribution is 14.0. The molecular formula is C18H35IN4O. The van der Waals surface area contributed by atoms with Gasteiger partial charge in [-0.05, 0) is 39.0 Å². The van der Waals surface area contributed by atoms with E-state index in [1.807, 2.05) is 20.9 Å². The lowest BCUT2D eigenvalue weighted by atomic mass is 9.89. The number of hydrogen-bond donors (Lipinski definition) is 2. The van der Waals surface area contributed by atoms with Crippen LogP contribution in [-0.4, -0.2) is 30.8 Å². The third kappa shape index (κ3) is 7.85. The highest BCUT2D eigenvalue weighted by Crippen LogP contribution is 2.22. The zero-order valence-electron chi connectivity index (χ0n) is 16.5. The van der Waals surface area contributed by atoms with Gasteiger partial charge in [0.05, 0.1) is 5.69 Å². The molecule has 0 bridgehead atoms. The van der Waals surface area contributed by atoms with Gasteiger partial charge in [0.25, 0.3) is 0 Å². The minimum absolute atomic E-state index is 0. The molecule has 0 aromatic carbocycles. The van der Waals surface area contributed by atoms with Crippen LogP contribution in [0.4, 0.5) is 0 Å². The molecule has 0 saturated carbocycles. The summed E-state index contributed by atoms with van der Waals surface area (Å²) in [6.45, 7) is 16.0.